The molecule has 33 heavy (non-hydrogen) atoms. The molecule has 1 saturated heterocycles. The van der Waals surface area contributed by atoms with E-state index in [-0.39, 0.29) is 11.9 Å². The molecule has 3 aromatic carbocycles. The molecule has 0 saturated carbocycles. The molecule has 0 bridgehead atoms. The molecule has 1 N–H and O–H groups in total. The minimum absolute atomic E-state index is 0.0177. The summed E-state index contributed by atoms with van der Waals surface area (Å²) in [7, 11) is 0. The first-order valence-corrected chi connectivity index (χ1v) is 11.6. The van der Waals surface area contributed by atoms with Crippen molar-refractivity contribution in [1.82, 2.24) is 4.90 Å². The number of nitrogens with one attached hydrogen (secondary N) is 1. The van der Waals surface area contributed by atoms with Crippen LogP contribution in [0.5, 0.6) is 5.75 Å². The highest BCUT2D eigenvalue weighted by Gasteiger charge is 2.29. The van der Waals surface area contributed by atoms with Gasteiger partial charge in [-0.05, 0) is 68.3 Å². The van der Waals surface area contributed by atoms with Crippen molar-refractivity contribution in [3.8, 4) is 5.75 Å². The second-order valence-corrected chi connectivity index (χ2v) is 8.84. The smallest absolute Gasteiger partial charge is 0.241 e. The van der Waals surface area contributed by atoms with Gasteiger partial charge in [-0.3, -0.25) is 9.69 Å². The lowest BCUT2D eigenvalue weighted by Crippen LogP contribution is -2.56. The highest BCUT2D eigenvalue weighted by atomic mass is 16.5. The number of anilines is 2. The molecule has 0 radical (unpaired) electrons. The van der Waals surface area contributed by atoms with Crippen LogP contribution >= 0.6 is 0 Å². The van der Waals surface area contributed by atoms with E-state index in [0.717, 1.165) is 36.6 Å². The Morgan fingerprint density at radius 1 is 1.03 bits per heavy atom. The number of rotatable bonds is 7. The molecule has 0 unspecified atom stereocenters. The summed E-state index contributed by atoms with van der Waals surface area (Å²) in [5.74, 6) is 0.801. The van der Waals surface area contributed by atoms with Crippen molar-refractivity contribution in [1.29, 1.82) is 0 Å². The lowest BCUT2D eigenvalue weighted by atomic mass is 10.1. The second kappa shape index (κ2) is 10.5. The lowest BCUT2D eigenvalue weighted by molar-refractivity contribution is -0.121. The number of aryl methyl sites for hydroxylation is 1. The van der Waals surface area contributed by atoms with Gasteiger partial charge in [0.25, 0.3) is 0 Å². The number of hydrogen-bond donors (Lipinski definition) is 1. The Bertz CT molecular complexity index is 1050. The zero-order valence-corrected chi connectivity index (χ0v) is 19.7. The van der Waals surface area contributed by atoms with Crippen molar-refractivity contribution in [3.05, 3.63) is 90.0 Å². The van der Waals surface area contributed by atoms with Crippen molar-refractivity contribution >= 4 is 17.3 Å². The average molecular weight is 444 g/mol. The Kier molecular flexibility index (Phi) is 7.30. The largest absolute Gasteiger partial charge is 0.489 e. The summed E-state index contributed by atoms with van der Waals surface area (Å²) in [6.45, 7) is 9.49. The van der Waals surface area contributed by atoms with Crippen LogP contribution in [0.25, 0.3) is 0 Å². The topological polar surface area (TPSA) is 44.8 Å². The van der Waals surface area contributed by atoms with E-state index in [9.17, 15) is 4.79 Å². The maximum atomic E-state index is 12.9. The molecule has 0 aromatic heterocycles. The van der Waals surface area contributed by atoms with Crippen LogP contribution in [0.3, 0.4) is 0 Å². The minimum atomic E-state index is -0.193. The molecular formula is C28H33N3O2. The number of hydrogen-bond acceptors (Lipinski definition) is 4. The van der Waals surface area contributed by atoms with Crippen LogP contribution < -0.4 is 15.0 Å². The third kappa shape index (κ3) is 5.93. The van der Waals surface area contributed by atoms with Crippen LogP contribution in [0.15, 0.2) is 78.9 Å². The molecule has 1 aliphatic heterocycles. The van der Waals surface area contributed by atoms with E-state index in [1.165, 1.54) is 11.3 Å². The molecule has 2 atom stereocenters. The Hall–Kier alpha value is -3.31. The predicted octanol–water partition coefficient (Wildman–Crippen LogP) is 5.11. The van der Waals surface area contributed by atoms with Gasteiger partial charge in [-0.2, -0.15) is 0 Å². The van der Waals surface area contributed by atoms with Gasteiger partial charge in [0.2, 0.25) is 5.91 Å². The molecule has 4 rings (SSSR count). The van der Waals surface area contributed by atoms with Crippen LogP contribution in [-0.4, -0.2) is 42.5 Å². The van der Waals surface area contributed by atoms with Crippen molar-refractivity contribution < 1.29 is 9.53 Å². The normalized spacial score (nSPS) is 17.4. The zero-order valence-electron chi connectivity index (χ0n) is 19.7. The van der Waals surface area contributed by atoms with Crippen LogP contribution in [0.1, 0.15) is 25.0 Å². The number of nitrogens with zero attached hydrogens (tertiary/aromatic N) is 2. The van der Waals surface area contributed by atoms with Crippen molar-refractivity contribution in [2.24, 2.45) is 0 Å². The molecule has 1 heterocycles. The van der Waals surface area contributed by atoms with Gasteiger partial charge in [0.1, 0.15) is 12.4 Å². The van der Waals surface area contributed by atoms with Crippen LogP contribution in [-0.2, 0) is 11.4 Å². The molecule has 1 amide bonds. The van der Waals surface area contributed by atoms with Crippen molar-refractivity contribution in [2.75, 3.05) is 29.9 Å². The number of piperazine rings is 1. The van der Waals surface area contributed by atoms with Crippen LogP contribution in [0, 0.1) is 6.92 Å². The molecule has 172 valence electrons. The second-order valence-electron chi connectivity index (χ2n) is 8.84. The summed E-state index contributed by atoms with van der Waals surface area (Å²) in [6.07, 6.45) is 0. The highest BCUT2D eigenvalue weighted by Crippen LogP contribution is 2.23. The summed E-state index contributed by atoms with van der Waals surface area (Å²) in [4.78, 5) is 17.6. The number of amides is 1. The molecule has 0 aliphatic carbocycles. The molecule has 0 spiro atoms. The third-order valence-corrected chi connectivity index (χ3v) is 6.29. The molecule has 5 nitrogen and oxygen atoms in total. The first kappa shape index (κ1) is 22.9. The quantitative estimate of drug-likeness (QED) is 0.551. The number of carbonyl (C=O) groups excluding carboxylic acids is 1. The summed E-state index contributed by atoms with van der Waals surface area (Å²) in [5, 5.41) is 3.06. The molecule has 3 aromatic rings. The zero-order chi connectivity index (χ0) is 23.2. The van der Waals surface area contributed by atoms with Gasteiger partial charge in [0, 0.05) is 37.1 Å². The first-order valence-electron chi connectivity index (χ1n) is 11.6. The van der Waals surface area contributed by atoms with Gasteiger partial charge in [0.15, 0.2) is 0 Å². The number of benzene rings is 3. The summed E-state index contributed by atoms with van der Waals surface area (Å²) < 4.78 is 5.83. The Balaban J connectivity index is 1.28. The molecule has 5 heteroatoms. The van der Waals surface area contributed by atoms with E-state index >= 15 is 0 Å². The first-order chi connectivity index (χ1) is 16.0. The SMILES string of the molecule is Cc1cccc(N2CCN([C@@H](C)C(=O)Nc3ccc(OCc4ccccc4)cc3)C[C@H]2C)c1. The predicted molar refractivity (Wildman–Crippen MR) is 135 cm³/mol. The van der Waals surface area contributed by atoms with Crippen LogP contribution in [0.2, 0.25) is 0 Å². The highest BCUT2D eigenvalue weighted by molar-refractivity contribution is 5.94. The van der Waals surface area contributed by atoms with Crippen LogP contribution in [0.4, 0.5) is 11.4 Å². The standard InChI is InChI=1S/C28H33N3O2/c1-21-8-7-11-26(18-21)31-17-16-30(19-22(31)2)23(3)28(32)29-25-12-14-27(15-13-25)33-20-24-9-5-4-6-10-24/h4-15,18,22-23H,16-17,19-20H2,1-3H3,(H,29,32)/t22-,23+/m1/s1. The fourth-order valence-electron chi connectivity index (χ4n) is 4.32. The minimum Gasteiger partial charge on any atom is -0.489 e. The maximum Gasteiger partial charge on any atom is 0.241 e. The van der Waals surface area contributed by atoms with Gasteiger partial charge in [-0.15, -0.1) is 0 Å². The van der Waals surface area contributed by atoms with Crippen molar-refractivity contribution in [3.63, 3.8) is 0 Å². The Morgan fingerprint density at radius 2 is 1.79 bits per heavy atom. The third-order valence-electron chi connectivity index (χ3n) is 6.29. The summed E-state index contributed by atoms with van der Waals surface area (Å²) in [5.41, 5.74) is 4.44. The summed E-state index contributed by atoms with van der Waals surface area (Å²) >= 11 is 0. The fourth-order valence-corrected chi connectivity index (χ4v) is 4.32. The average Bonchev–Trinajstić information content (AvgIpc) is 2.83. The molecule has 1 fully saturated rings. The van der Waals surface area contributed by atoms with E-state index in [1.54, 1.807) is 0 Å². The van der Waals surface area contributed by atoms with Gasteiger partial charge in [-0.1, -0.05) is 42.5 Å². The van der Waals surface area contributed by atoms with Gasteiger partial charge in [-0.25, -0.2) is 0 Å². The monoisotopic (exact) mass is 443 g/mol. The maximum absolute atomic E-state index is 12.9. The van der Waals surface area contributed by atoms with E-state index < -0.39 is 0 Å². The van der Waals surface area contributed by atoms with E-state index in [2.05, 4.69) is 53.2 Å². The lowest BCUT2D eigenvalue weighted by Gasteiger charge is -2.43. The van der Waals surface area contributed by atoms with E-state index in [1.807, 2.05) is 61.5 Å². The van der Waals surface area contributed by atoms with Crippen molar-refractivity contribution in [2.45, 2.75) is 39.5 Å². The summed E-state index contributed by atoms with van der Waals surface area (Å²) in [6, 6.07) is 26.4. The number of carbonyl (C=O) groups is 1. The van der Waals surface area contributed by atoms with Gasteiger partial charge < -0.3 is 15.0 Å². The van der Waals surface area contributed by atoms with Gasteiger partial charge >= 0.3 is 0 Å². The number of ether oxygens (including phenoxy) is 1. The molecule has 1 aliphatic rings. The van der Waals surface area contributed by atoms with Gasteiger partial charge in [0.05, 0.1) is 6.04 Å². The van der Waals surface area contributed by atoms with E-state index in [4.69, 9.17) is 4.74 Å². The Morgan fingerprint density at radius 3 is 2.48 bits per heavy atom. The fraction of sp³-hybridized carbons (Fsp3) is 0.321. The Labute approximate surface area is 197 Å². The van der Waals surface area contributed by atoms with E-state index in [0.29, 0.717) is 12.6 Å². The molecular weight excluding hydrogens is 410 g/mol.